The Morgan fingerprint density at radius 3 is 2.31 bits per heavy atom. The smallest absolute Gasteiger partial charge is 0.215 e. The van der Waals surface area contributed by atoms with Gasteiger partial charge in [0.25, 0.3) is 0 Å². The van der Waals surface area contributed by atoms with Crippen molar-refractivity contribution in [1.82, 2.24) is 9.78 Å². The van der Waals surface area contributed by atoms with Gasteiger partial charge in [-0.2, -0.15) is 9.49 Å². The van der Waals surface area contributed by atoms with E-state index in [0.29, 0.717) is 11.3 Å². The second-order valence-electron chi connectivity index (χ2n) is 4.14. The van der Waals surface area contributed by atoms with E-state index < -0.39 is 0 Å². The van der Waals surface area contributed by atoms with Crippen molar-refractivity contribution in [1.29, 1.82) is 0 Å². The maximum absolute atomic E-state index is 13.5. The second-order valence-corrected chi connectivity index (χ2v) is 4.14. The fourth-order valence-corrected chi connectivity index (χ4v) is 1.41. The third kappa shape index (κ3) is 1.72. The first-order valence-electron chi connectivity index (χ1n) is 4.20. The van der Waals surface area contributed by atoms with E-state index in [0.717, 1.165) is 4.68 Å². The highest BCUT2D eigenvalue weighted by molar-refractivity contribution is 5.26. The Bertz CT molecular complexity index is 312. The second kappa shape index (κ2) is 3.10. The van der Waals surface area contributed by atoms with Gasteiger partial charge in [-0.05, 0) is 5.41 Å². The number of aliphatic hydroxyl groups is 1. The first-order valence-corrected chi connectivity index (χ1v) is 4.20. The molecule has 0 unspecified atom stereocenters. The summed E-state index contributed by atoms with van der Waals surface area (Å²) in [5.74, 6) is -0.364. The molecule has 1 N–H and O–H groups in total. The Morgan fingerprint density at radius 1 is 1.46 bits per heavy atom. The summed E-state index contributed by atoms with van der Waals surface area (Å²) in [5.41, 5.74) is 0.598. The third-order valence-corrected chi connectivity index (χ3v) is 1.95. The van der Waals surface area contributed by atoms with Crippen LogP contribution in [0.25, 0.3) is 0 Å². The van der Waals surface area contributed by atoms with Gasteiger partial charge in [0.1, 0.15) is 0 Å². The molecule has 0 saturated carbocycles. The van der Waals surface area contributed by atoms with E-state index in [1.165, 1.54) is 7.05 Å². The molecule has 0 aliphatic carbocycles. The zero-order chi connectivity index (χ0) is 10.2. The molecule has 0 aliphatic heterocycles. The van der Waals surface area contributed by atoms with E-state index in [9.17, 15) is 4.39 Å². The van der Waals surface area contributed by atoms with Crippen molar-refractivity contribution in [3.63, 3.8) is 0 Å². The maximum Gasteiger partial charge on any atom is 0.215 e. The summed E-state index contributed by atoms with van der Waals surface area (Å²) < 4.78 is 14.7. The van der Waals surface area contributed by atoms with Gasteiger partial charge in [-0.3, -0.25) is 0 Å². The molecule has 0 bridgehead atoms. The lowest BCUT2D eigenvalue weighted by Crippen LogP contribution is -2.15. The zero-order valence-electron chi connectivity index (χ0n) is 8.43. The number of rotatable bonds is 1. The van der Waals surface area contributed by atoms with E-state index in [-0.39, 0.29) is 18.0 Å². The van der Waals surface area contributed by atoms with Gasteiger partial charge >= 0.3 is 0 Å². The van der Waals surface area contributed by atoms with Gasteiger partial charge in [-0.1, -0.05) is 20.8 Å². The fourth-order valence-electron chi connectivity index (χ4n) is 1.41. The van der Waals surface area contributed by atoms with Crippen LogP contribution in [0, 0.1) is 5.95 Å². The van der Waals surface area contributed by atoms with Crippen molar-refractivity contribution < 1.29 is 9.50 Å². The quantitative estimate of drug-likeness (QED) is 0.719. The standard InChI is InChI=1S/C9H15FN2O/c1-9(2,3)7-6(5-13)11-12(4)8(7)10/h13H,5H2,1-4H3. The Morgan fingerprint density at radius 2 is 2.00 bits per heavy atom. The summed E-state index contributed by atoms with van der Waals surface area (Å²) in [7, 11) is 1.53. The fraction of sp³-hybridized carbons (Fsp3) is 0.667. The average Bonchev–Trinajstić information content (AvgIpc) is 2.26. The molecule has 0 radical (unpaired) electrons. The lowest BCUT2D eigenvalue weighted by Gasteiger charge is -2.17. The van der Waals surface area contributed by atoms with E-state index in [2.05, 4.69) is 5.10 Å². The third-order valence-electron chi connectivity index (χ3n) is 1.95. The summed E-state index contributed by atoms with van der Waals surface area (Å²) in [6, 6.07) is 0. The van der Waals surface area contributed by atoms with Crippen LogP contribution >= 0.6 is 0 Å². The van der Waals surface area contributed by atoms with Crippen LogP contribution in [0.4, 0.5) is 4.39 Å². The van der Waals surface area contributed by atoms with Crippen LogP contribution in [0.2, 0.25) is 0 Å². The van der Waals surface area contributed by atoms with Gasteiger partial charge < -0.3 is 5.11 Å². The van der Waals surface area contributed by atoms with Crippen molar-refractivity contribution in [3.05, 3.63) is 17.2 Å². The molecule has 0 saturated heterocycles. The molecule has 4 heteroatoms. The molecule has 1 aromatic heterocycles. The molecule has 1 heterocycles. The predicted octanol–water partition coefficient (Wildman–Crippen LogP) is 1.35. The van der Waals surface area contributed by atoms with Gasteiger partial charge in [0.15, 0.2) is 0 Å². The lowest BCUT2D eigenvalue weighted by molar-refractivity contribution is 0.272. The largest absolute Gasteiger partial charge is 0.390 e. The normalized spacial score (nSPS) is 12.2. The maximum atomic E-state index is 13.5. The van der Waals surface area contributed by atoms with Crippen LogP contribution in [0.15, 0.2) is 0 Å². The number of aliphatic hydroxyl groups excluding tert-OH is 1. The molecule has 13 heavy (non-hydrogen) atoms. The summed E-state index contributed by atoms with van der Waals surface area (Å²) in [6.07, 6.45) is 0. The summed E-state index contributed by atoms with van der Waals surface area (Å²) in [5, 5.41) is 12.9. The van der Waals surface area contributed by atoms with Crippen LogP contribution in [-0.2, 0) is 19.1 Å². The van der Waals surface area contributed by atoms with Crippen molar-refractivity contribution >= 4 is 0 Å². The zero-order valence-corrected chi connectivity index (χ0v) is 8.43. The van der Waals surface area contributed by atoms with Crippen molar-refractivity contribution in [3.8, 4) is 0 Å². The van der Waals surface area contributed by atoms with Gasteiger partial charge in [0.2, 0.25) is 5.95 Å². The number of hydrogen-bond acceptors (Lipinski definition) is 2. The molecule has 0 spiro atoms. The summed E-state index contributed by atoms with van der Waals surface area (Å²) in [4.78, 5) is 0. The Hall–Kier alpha value is -0.900. The van der Waals surface area contributed by atoms with Crippen LogP contribution < -0.4 is 0 Å². The van der Waals surface area contributed by atoms with Gasteiger partial charge in [-0.25, -0.2) is 4.68 Å². The number of hydrogen-bond donors (Lipinski definition) is 1. The van der Waals surface area contributed by atoms with Crippen molar-refractivity contribution in [2.45, 2.75) is 32.8 Å². The lowest BCUT2D eigenvalue weighted by atomic mass is 9.87. The minimum Gasteiger partial charge on any atom is -0.390 e. The molecule has 1 rings (SSSR count). The monoisotopic (exact) mass is 186 g/mol. The molecule has 74 valence electrons. The first-order chi connectivity index (χ1) is 5.88. The van der Waals surface area contributed by atoms with Crippen LogP contribution in [0.3, 0.4) is 0 Å². The van der Waals surface area contributed by atoms with E-state index in [4.69, 9.17) is 5.11 Å². The molecular weight excluding hydrogens is 171 g/mol. The summed E-state index contributed by atoms with van der Waals surface area (Å²) >= 11 is 0. The predicted molar refractivity (Wildman–Crippen MR) is 47.8 cm³/mol. The van der Waals surface area contributed by atoms with Crippen LogP contribution in [-0.4, -0.2) is 14.9 Å². The van der Waals surface area contributed by atoms with E-state index in [1.54, 1.807) is 0 Å². The minimum absolute atomic E-state index is 0.218. The van der Waals surface area contributed by atoms with Gasteiger partial charge in [0, 0.05) is 12.6 Å². The SMILES string of the molecule is Cn1nc(CO)c(C(C)(C)C)c1F. The number of aromatic nitrogens is 2. The molecule has 3 nitrogen and oxygen atoms in total. The number of nitrogens with zero attached hydrogens (tertiary/aromatic N) is 2. The Balaban J connectivity index is 3.33. The molecule has 0 aromatic carbocycles. The van der Waals surface area contributed by atoms with Crippen LogP contribution in [0.1, 0.15) is 32.0 Å². The number of aryl methyl sites for hydroxylation is 1. The molecule has 0 fully saturated rings. The van der Waals surface area contributed by atoms with E-state index in [1.807, 2.05) is 20.8 Å². The Kier molecular flexibility index (Phi) is 2.43. The highest BCUT2D eigenvalue weighted by Gasteiger charge is 2.26. The van der Waals surface area contributed by atoms with Gasteiger partial charge in [0.05, 0.1) is 12.3 Å². The molecular formula is C9H15FN2O. The Labute approximate surface area is 77.2 Å². The highest BCUT2D eigenvalue weighted by Crippen LogP contribution is 2.27. The average molecular weight is 186 g/mol. The van der Waals surface area contributed by atoms with Crippen molar-refractivity contribution in [2.75, 3.05) is 0 Å². The molecule has 0 atom stereocenters. The van der Waals surface area contributed by atoms with Gasteiger partial charge in [-0.15, -0.1) is 0 Å². The summed E-state index contributed by atoms with van der Waals surface area (Å²) in [6.45, 7) is 5.47. The molecule has 0 aliphatic rings. The molecule has 1 aromatic rings. The first kappa shape index (κ1) is 10.2. The van der Waals surface area contributed by atoms with Crippen LogP contribution in [0.5, 0.6) is 0 Å². The number of halogens is 1. The van der Waals surface area contributed by atoms with Crippen molar-refractivity contribution in [2.24, 2.45) is 7.05 Å². The minimum atomic E-state index is -0.364. The molecule has 0 amide bonds. The topological polar surface area (TPSA) is 38.0 Å². The highest BCUT2D eigenvalue weighted by atomic mass is 19.1. The van der Waals surface area contributed by atoms with E-state index >= 15 is 0 Å².